The maximum atomic E-state index is 12.6. The van der Waals surface area contributed by atoms with Gasteiger partial charge >= 0.3 is 6.01 Å². The van der Waals surface area contributed by atoms with Gasteiger partial charge in [0.1, 0.15) is 5.75 Å². The van der Waals surface area contributed by atoms with Gasteiger partial charge in [0.2, 0.25) is 16.0 Å². The molecule has 0 radical (unpaired) electrons. The molecule has 12 heteroatoms. The molecule has 3 rings (SSSR count). The highest BCUT2D eigenvalue weighted by Gasteiger charge is 2.20. The molecule has 1 aromatic heterocycles. The average molecular weight is 430 g/mol. The van der Waals surface area contributed by atoms with E-state index in [0.29, 0.717) is 38.0 Å². The zero-order valence-electron chi connectivity index (χ0n) is 15.4. The highest BCUT2D eigenvalue weighted by Crippen LogP contribution is 2.27. The fourth-order valence-electron chi connectivity index (χ4n) is 2.52. The Bertz CT molecular complexity index is 937. The first-order valence-corrected chi connectivity index (χ1v) is 10.2. The number of hydrogen-bond acceptors (Lipinski definition) is 9. The largest absolute Gasteiger partial charge is 0.495 e. The second-order valence-corrected chi connectivity index (χ2v) is 7.93. The lowest BCUT2D eigenvalue weighted by atomic mass is 10.3. The van der Waals surface area contributed by atoms with E-state index in [4.69, 9.17) is 25.8 Å². The van der Waals surface area contributed by atoms with E-state index in [0.717, 1.165) is 0 Å². The monoisotopic (exact) mass is 429 g/mol. The van der Waals surface area contributed by atoms with Crippen LogP contribution in [0.2, 0.25) is 5.02 Å². The van der Waals surface area contributed by atoms with Crippen molar-refractivity contribution in [3.8, 4) is 11.8 Å². The van der Waals surface area contributed by atoms with Gasteiger partial charge in [-0.15, -0.1) is 0 Å². The molecule has 0 saturated carbocycles. The second-order valence-electron chi connectivity index (χ2n) is 5.76. The molecule has 1 aliphatic rings. The Kier molecular flexibility index (Phi) is 6.50. The summed E-state index contributed by atoms with van der Waals surface area (Å²) in [6.45, 7) is 2.25. The third kappa shape index (κ3) is 4.79. The molecule has 0 amide bonds. The van der Waals surface area contributed by atoms with Crippen LogP contribution in [0.25, 0.3) is 0 Å². The molecular formula is C16H20ClN5O5S. The lowest BCUT2D eigenvalue weighted by Gasteiger charge is -2.26. The van der Waals surface area contributed by atoms with Crippen LogP contribution in [0.4, 0.5) is 5.95 Å². The molecule has 10 nitrogen and oxygen atoms in total. The number of benzene rings is 1. The van der Waals surface area contributed by atoms with Crippen LogP contribution >= 0.6 is 11.6 Å². The first kappa shape index (κ1) is 20.5. The Labute approximate surface area is 167 Å². The first-order chi connectivity index (χ1) is 13.4. The zero-order chi connectivity index (χ0) is 20.1. The molecule has 2 aromatic rings. The fraction of sp³-hybridized carbons (Fsp3) is 0.438. The molecule has 1 saturated heterocycles. The van der Waals surface area contributed by atoms with Crippen molar-refractivity contribution in [2.45, 2.75) is 11.4 Å². The summed E-state index contributed by atoms with van der Waals surface area (Å²) < 4.78 is 43.0. The van der Waals surface area contributed by atoms with Gasteiger partial charge < -0.3 is 19.1 Å². The van der Waals surface area contributed by atoms with Gasteiger partial charge in [0.15, 0.2) is 5.82 Å². The number of aromatic nitrogens is 3. The minimum absolute atomic E-state index is 0.00715. The van der Waals surface area contributed by atoms with Gasteiger partial charge in [-0.3, -0.25) is 0 Å². The number of anilines is 1. The summed E-state index contributed by atoms with van der Waals surface area (Å²) in [6, 6.07) is 4.31. The predicted molar refractivity (Wildman–Crippen MR) is 101 cm³/mol. The van der Waals surface area contributed by atoms with Crippen molar-refractivity contribution in [1.29, 1.82) is 0 Å². The van der Waals surface area contributed by atoms with Crippen LogP contribution in [0.15, 0.2) is 23.1 Å². The smallest absolute Gasteiger partial charge is 0.321 e. The third-order valence-corrected chi connectivity index (χ3v) is 5.67. The van der Waals surface area contributed by atoms with Crippen molar-refractivity contribution in [2.75, 3.05) is 45.4 Å². The van der Waals surface area contributed by atoms with Crippen molar-refractivity contribution >= 4 is 27.6 Å². The van der Waals surface area contributed by atoms with Crippen molar-refractivity contribution in [2.24, 2.45) is 0 Å². The van der Waals surface area contributed by atoms with E-state index in [1.807, 2.05) is 4.90 Å². The zero-order valence-corrected chi connectivity index (χ0v) is 17.0. The van der Waals surface area contributed by atoms with Crippen molar-refractivity contribution in [3.63, 3.8) is 0 Å². The maximum absolute atomic E-state index is 12.6. The number of nitrogens with zero attached hydrogens (tertiary/aromatic N) is 4. The highest BCUT2D eigenvalue weighted by molar-refractivity contribution is 7.89. The standard InChI is InChI=1S/C16H20ClN5O5S/c1-25-13-4-3-11(9-12(13)17)28(23,24)18-10-14-19-15(21-16(20-14)26-2)22-5-7-27-8-6-22/h3-4,9,18H,5-8,10H2,1-2H3. The number of rotatable bonds is 7. The van der Waals surface area contributed by atoms with Gasteiger partial charge in [0.25, 0.3) is 0 Å². The Morgan fingerprint density at radius 3 is 2.57 bits per heavy atom. The van der Waals surface area contributed by atoms with Crippen LogP contribution in [-0.4, -0.2) is 63.9 Å². The van der Waals surface area contributed by atoms with Gasteiger partial charge in [-0.1, -0.05) is 11.6 Å². The first-order valence-electron chi connectivity index (χ1n) is 8.38. The molecule has 1 N–H and O–H groups in total. The van der Waals surface area contributed by atoms with Crippen LogP contribution in [0.3, 0.4) is 0 Å². The maximum Gasteiger partial charge on any atom is 0.321 e. The van der Waals surface area contributed by atoms with E-state index in [-0.39, 0.29) is 28.3 Å². The van der Waals surface area contributed by atoms with Crippen LogP contribution in [0.1, 0.15) is 5.82 Å². The Morgan fingerprint density at radius 2 is 1.93 bits per heavy atom. The summed E-state index contributed by atoms with van der Waals surface area (Å²) in [5, 5.41) is 0.196. The van der Waals surface area contributed by atoms with Gasteiger partial charge in [0.05, 0.1) is 43.9 Å². The number of methoxy groups -OCH3 is 2. The third-order valence-electron chi connectivity index (χ3n) is 3.98. The number of nitrogens with one attached hydrogen (secondary N) is 1. The van der Waals surface area contributed by atoms with E-state index in [2.05, 4.69) is 19.7 Å². The molecule has 1 aliphatic heterocycles. The van der Waals surface area contributed by atoms with Gasteiger partial charge in [-0.05, 0) is 18.2 Å². The molecule has 1 fully saturated rings. The number of morpholine rings is 1. The summed E-state index contributed by atoms with van der Waals surface area (Å²) in [4.78, 5) is 14.6. The SMILES string of the molecule is COc1nc(CNS(=O)(=O)c2ccc(OC)c(Cl)c2)nc(N2CCOCC2)n1. The summed E-state index contributed by atoms with van der Waals surface area (Å²) in [5.74, 6) is 1.03. The summed E-state index contributed by atoms with van der Waals surface area (Å²) >= 11 is 6.02. The predicted octanol–water partition coefficient (Wildman–Crippen LogP) is 0.857. The summed E-state index contributed by atoms with van der Waals surface area (Å²) in [7, 11) is -0.940. The lowest BCUT2D eigenvalue weighted by molar-refractivity contribution is 0.122. The number of hydrogen-bond donors (Lipinski definition) is 1. The number of ether oxygens (including phenoxy) is 3. The average Bonchev–Trinajstić information content (AvgIpc) is 2.72. The van der Waals surface area contributed by atoms with E-state index in [1.165, 1.54) is 32.4 Å². The van der Waals surface area contributed by atoms with Gasteiger partial charge in [-0.25, -0.2) is 13.1 Å². The summed E-state index contributed by atoms with van der Waals surface area (Å²) in [6.07, 6.45) is 0. The Hall–Kier alpha value is -2.21. The van der Waals surface area contributed by atoms with E-state index < -0.39 is 10.0 Å². The molecule has 0 spiro atoms. The van der Waals surface area contributed by atoms with Crippen molar-refractivity contribution < 1.29 is 22.6 Å². The normalized spacial score (nSPS) is 14.8. The Morgan fingerprint density at radius 1 is 1.18 bits per heavy atom. The molecule has 1 aromatic carbocycles. The topological polar surface area (TPSA) is 116 Å². The van der Waals surface area contributed by atoms with E-state index in [9.17, 15) is 8.42 Å². The number of halogens is 1. The van der Waals surface area contributed by atoms with Gasteiger partial charge in [0, 0.05) is 13.1 Å². The number of sulfonamides is 1. The molecule has 152 valence electrons. The fourth-order valence-corrected chi connectivity index (χ4v) is 3.85. The molecule has 2 heterocycles. The molecule has 0 unspecified atom stereocenters. The molecule has 0 aliphatic carbocycles. The molecule has 28 heavy (non-hydrogen) atoms. The molecule has 0 bridgehead atoms. The Balaban J connectivity index is 1.78. The lowest BCUT2D eigenvalue weighted by Crippen LogP contribution is -2.37. The van der Waals surface area contributed by atoms with Gasteiger partial charge in [-0.2, -0.15) is 15.0 Å². The minimum atomic E-state index is -3.83. The molecule has 0 atom stereocenters. The second kappa shape index (κ2) is 8.86. The highest BCUT2D eigenvalue weighted by atomic mass is 35.5. The molecular weight excluding hydrogens is 410 g/mol. The van der Waals surface area contributed by atoms with E-state index in [1.54, 1.807) is 0 Å². The van der Waals surface area contributed by atoms with Crippen LogP contribution in [0.5, 0.6) is 11.8 Å². The van der Waals surface area contributed by atoms with Crippen molar-refractivity contribution in [1.82, 2.24) is 19.7 Å². The van der Waals surface area contributed by atoms with Crippen molar-refractivity contribution in [3.05, 3.63) is 29.0 Å². The van der Waals surface area contributed by atoms with Crippen LogP contribution in [0, 0.1) is 0 Å². The summed E-state index contributed by atoms with van der Waals surface area (Å²) in [5.41, 5.74) is 0. The van der Waals surface area contributed by atoms with Crippen LogP contribution in [-0.2, 0) is 21.3 Å². The van der Waals surface area contributed by atoms with Crippen LogP contribution < -0.4 is 19.1 Å². The quantitative estimate of drug-likeness (QED) is 0.683. The van der Waals surface area contributed by atoms with E-state index >= 15 is 0 Å². The minimum Gasteiger partial charge on any atom is -0.495 e.